The molecule has 12 heteroatoms. The maximum absolute atomic E-state index is 14.0. The van der Waals surface area contributed by atoms with Crippen molar-refractivity contribution >= 4 is 61.2 Å². The number of benzene rings is 3. The first kappa shape index (κ1) is 32.4. The van der Waals surface area contributed by atoms with Gasteiger partial charge in [-0.15, -0.1) is 0 Å². The van der Waals surface area contributed by atoms with Crippen molar-refractivity contribution in [3.05, 3.63) is 123 Å². The van der Waals surface area contributed by atoms with Crippen molar-refractivity contribution in [2.75, 3.05) is 7.11 Å². The second-order valence-electron chi connectivity index (χ2n) is 10.4. The zero-order valence-corrected chi connectivity index (χ0v) is 28.7. The fourth-order valence-corrected chi connectivity index (χ4v) is 6.79. The predicted octanol–water partition coefficient (Wildman–Crippen LogP) is 6.00. The van der Waals surface area contributed by atoms with Crippen molar-refractivity contribution in [3.63, 3.8) is 0 Å². The highest BCUT2D eigenvalue weighted by Gasteiger charge is 2.35. The Morgan fingerprint density at radius 2 is 1.78 bits per heavy atom. The third kappa shape index (κ3) is 6.98. The zero-order valence-electron chi connectivity index (χ0n) is 24.7. The summed E-state index contributed by atoms with van der Waals surface area (Å²) in [6, 6.07) is 16.6. The molecule has 1 aliphatic rings. The smallest absolute Gasteiger partial charge is 0.338 e. The van der Waals surface area contributed by atoms with Crippen LogP contribution in [0.1, 0.15) is 53.9 Å². The lowest BCUT2D eigenvalue weighted by atomic mass is 9.95. The van der Waals surface area contributed by atoms with Gasteiger partial charge in [0, 0.05) is 10.0 Å². The van der Waals surface area contributed by atoms with Crippen molar-refractivity contribution in [1.29, 1.82) is 0 Å². The Balaban J connectivity index is 1.52. The minimum Gasteiger partial charge on any atom is -0.496 e. The number of esters is 1. The fraction of sp³-hybridized carbons (Fsp3) is 0.212. The molecule has 0 unspecified atom stereocenters. The van der Waals surface area contributed by atoms with Gasteiger partial charge in [-0.05, 0) is 96.4 Å². The van der Waals surface area contributed by atoms with Crippen LogP contribution in [0.4, 0.5) is 0 Å². The van der Waals surface area contributed by atoms with Crippen LogP contribution < -0.4 is 24.4 Å². The first-order valence-corrected chi connectivity index (χ1v) is 16.2. The normalized spacial score (nSPS) is 14.6. The fourth-order valence-electron chi connectivity index (χ4n) is 4.85. The molecule has 9 nitrogen and oxygen atoms in total. The molecule has 0 aliphatic carbocycles. The third-order valence-corrected chi connectivity index (χ3v) is 9.02. The number of ether oxygens (including phenoxy) is 3. The number of halogens is 2. The second-order valence-corrected chi connectivity index (χ2v) is 13.2. The van der Waals surface area contributed by atoms with E-state index in [0.29, 0.717) is 36.6 Å². The van der Waals surface area contributed by atoms with E-state index in [4.69, 9.17) is 19.3 Å². The van der Waals surface area contributed by atoms with Crippen LogP contribution in [0, 0.1) is 0 Å². The van der Waals surface area contributed by atoms with Gasteiger partial charge < -0.3 is 19.3 Å². The minimum absolute atomic E-state index is 0.207. The first-order chi connectivity index (χ1) is 21.5. The quantitative estimate of drug-likeness (QED) is 0.209. The number of aromatic carboxylic acids is 1. The monoisotopic (exact) mass is 754 g/mol. The maximum Gasteiger partial charge on any atom is 0.338 e. The molecule has 0 saturated carbocycles. The number of fused-ring (bicyclic) bond motifs is 1. The van der Waals surface area contributed by atoms with Crippen LogP contribution in [0.3, 0.4) is 0 Å². The van der Waals surface area contributed by atoms with Crippen LogP contribution >= 0.6 is 43.2 Å². The Kier molecular flexibility index (Phi) is 9.76. The molecule has 5 rings (SSSR count). The lowest BCUT2D eigenvalue weighted by molar-refractivity contribution is -0.143. The molecule has 4 aromatic rings. The second kappa shape index (κ2) is 13.6. The number of carbonyl (C=O) groups excluding carboxylic acids is 1. The van der Waals surface area contributed by atoms with Gasteiger partial charge in [-0.1, -0.05) is 45.5 Å². The Hall–Kier alpha value is -4.00. The van der Waals surface area contributed by atoms with Crippen LogP contribution in [0.15, 0.2) is 90.7 Å². The average molecular weight is 756 g/mol. The van der Waals surface area contributed by atoms with Crippen LogP contribution in [0.2, 0.25) is 0 Å². The number of methoxy groups -OCH3 is 1. The van der Waals surface area contributed by atoms with Crippen LogP contribution in [-0.4, -0.2) is 34.8 Å². The number of aromatic nitrogens is 1. The molecule has 0 radical (unpaired) electrons. The summed E-state index contributed by atoms with van der Waals surface area (Å²) in [5.41, 5.74) is 2.81. The predicted molar refractivity (Wildman–Crippen MR) is 178 cm³/mol. The molecular formula is C33H28Br2N2O7S. The molecule has 0 spiro atoms. The molecule has 1 atom stereocenters. The molecule has 0 bridgehead atoms. The average Bonchev–Trinajstić information content (AvgIpc) is 3.29. The molecule has 232 valence electrons. The largest absolute Gasteiger partial charge is 0.496 e. The van der Waals surface area contributed by atoms with Crippen molar-refractivity contribution in [2.45, 2.75) is 39.5 Å². The van der Waals surface area contributed by atoms with Gasteiger partial charge in [-0.25, -0.2) is 14.6 Å². The van der Waals surface area contributed by atoms with Crippen molar-refractivity contribution in [3.8, 4) is 11.5 Å². The number of rotatable bonds is 9. The van der Waals surface area contributed by atoms with E-state index in [1.165, 1.54) is 28.0 Å². The third-order valence-electron chi connectivity index (χ3n) is 6.92. The first-order valence-electron chi connectivity index (χ1n) is 13.8. The molecule has 1 N–H and O–H groups in total. The number of carboxylic acids is 1. The van der Waals surface area contributed by atoms with E-state index in [9.17, 15) is 14.4 Å². The summed E-state index contributed by atoms with van der Waals surface area (Å²) in [7, 11) is 1.54. The highest BCUT2D eigenvalue weighted by Crippen LogP contribution is 2.37. The Morgan fingerprint density at radius 1 is 1.07 bits per heavy atom. The molecule has 0 fully saturated rings. The molecule has 0 amide bonds. The molecule has 3 aromatic carbocycles. The zero-order chi connectivity index (χ0) is 32.4. The number of thiazole rings is 1. The number of allylic oxidation sites excluding steroid dienone is 1. The highest BCUT2D eigenvalue weighted by atomic mass is 79.9. The van der Waals surface area contributed by atoms with Crippen molar-refractivity contribution in [2.24, 2.45) is 4.99 Å². The van der Waals surface area contributed by atoms with E-state index in [2.05, 4.69) is 36.9 Å². The SMILES string of the molecule is COc1ccc(Br)cc1[C@H]1C(C(=O)OC(C)C)=C(C)N=c2s/c(=C\c3ccc(OCc4ccc(C(=O)O)cc4)c(Br)c3)c(=O)n21. The molecule has 1 aromatic heterocycles. The lowest BCUT2D eigenvalue weighted by Gasteiger charge is -2.26. The van der Waals surface area contributed by atoms with Gasteiger partial charge in [0.1, 0.15) is 24.1 Å². The summed E-state index contributed by atoms with van der Waals surface area (Å²) >= 11 is 8.30. The van der Waals surface area contributed by atoms with Gasteiger partial charge in [-0.3, -0.25) is 9.36 Å². The van der Waals surface area contributed by atoms with Gasteiger partial charge in [0.05, 0.1) is 39.1 Å². The summed E-state index contributed by atoms with van der Waals surface area (Å²) < 4.78 is 20.6. The summed E-state index contributed by atoms with van der Waals surface area (Å²) in [4.78, 5) is 43.7. The van der Waals surface area contributed by atoms with E-state index in [1.54, 1.807) is 58.2 Å². The topological polar surface area (TPSA) is 116 Å². The molecule has 2 heterocycles. The Morgan fingerprint density at radius 3 is 2.42 bits per heavy atom. The number of hydrogen-bond donors (Lipinski definition) is 1. The number of nitrogens with zero attached hydrogens (tertiary/aromatic N) is 2. The Labute approximate surface area is 279 Å². The van der Waals surface area contributed by atoms with Gasteiger partial charge in [0.15, 0.2) is 4.80 Å². The van der Waals surface area contributed by atoms with E-state index >= 15 is 0 Å². The molecular weight excluding hydrogens is 728 g/mol. The molecule has 45 heavy (non-hydrogen) atoms. The summed E-state index contributed by atoms with van der Waals surface area (Å²) in [5.74, 6) is -0.438. The Bertz CT molecular complexity index is 2010. The lowest BCUT2D eigenvalue weighted by Crippen LogP contribution is -2.40. The van der Waals surface area contributed by atoms with Gasteiger partial charge in [-0.2, -0.15) is 0 Å². The van der Waals surface area contributed by atoms with E-state index in [1.807, 2.05) is 24.3 Å². The number of carbonyl (C=O) groups is 2. The van der Waals surface area contributed by atoms with Gasteiger partial charge in [0.25, 0.3) is 5.56 Å². The van der Waals surface area contributed by atoms with Crippen LogP contribution in [-0.2, 0) is 16.1 Å². The van der Waals surface area contributed by atoms with Gasteiger partial charge in [0.2, 0.25) is 0 Å². The van der Waals surface area contributed by atoms with Crippen molar-refractivity contribution in [1.82, 2.24) is 4.57 Å². The summed E-state index contributed by atoms with van der Waals surface area (Å²) in [6.07, 6.45) is 1.40. The highest BCUT2D eigenvalue weighted by molar-refractivity contribution is 9.10. The van der Waals surface area contributed by atoms with E-state index < -0.39 is 18.0 Å². The summed E-state index contributed by atoms with van der Waals surface area (Å²) in [5, 5.41) is 9.09. The van der Waals surface area contributed by atoms with Crippen LogP contribution in [0.5, 0.6) is 11.5 Å². The van der Waals surface area contributed by atoms with Gasteiger partial charge >= 0.3 is 11.9 Å². The maximum atomic E-state index is 14.0. The van der Waals surface area contributed by atoms with E-state index in [-0.39, 0.29) is 29.4 Å². The van der Waals surface area contributed by atoms with Crippen LogP contribution in [0.25, 0.3) is 6.08 Å². The molecule has 0 saturated heterocycles. The number of hydrogen-bond acceptors (Lipinski definition) is 8. The number of carboxylic acid groups (broad SMARTS) is 1. The minimum atomic E-state index is -0.985. The standard InChI is InChI=1S/C33H28Br2N2O7S/c1-17(2)44-32(41)28-18(3)36-33-37(29(28)23-15-22(34)10-12-25(23)42-4)30(38)27(45-33)14-20-7-11-26(24(35)13-20)43-16-19-5-8-21(9-6-19)31(39)40/h5-15,17,29H,16H2,1-4H3,(H,39,40)/b27-14-/t29-/m0/s1. The molecule has 1 aliphatic heterocycles. The summed E-state index contributed by atoms with van der Waals surface area (Å²) in [6.45, 7) is 5.52. The van der Waals surface area contributed by atoms with Crippen molar-refractivity contribution < 1.29 is 28.9 Å². The van der Waals surface area contributed by atoms with E-state index in [0.717, 1.165) is 15.6 Å².